The van der Waals surface area contributed by atoms with Crippen molar-refractivity contribution in [3.05, 3.63) is 181 Å². The molecule has 292 valence electrons. The van der Waals surface area contributed by atoms with Crippen LogP contribution >= 0.6 is 12.6 Å². The third-order valence-corrected chi connectivity index (χ3v) is 13.1. The van der Waals surface area contributed by atoms with Crippen LogP contribution in [0.15, 0.2) is 188 Å². The fourth-order valence-corrected chi connectivity index (χ4v) is 9.94. The number of nitrogens with zero attached hydrogens (tertiary/aromatic N) is 2. The number of aryl methyl sites for hydroxylation is 2. The number of benzene rings is 10. The predicted molar refractivity (Wildman–Crippen MR) is 264 cm³/mol. The molecule has 61 heavy (non-hydrogen) atoms. The number of para-hydroxylation sites is 4. The zero-order chi connectivity index (χ0) is 40.9. The Bertz CT molecular complexity index is 3680. The SMILES string of the molecule is CCc1cccc2c1oc1c(N(c3ccc(S)cc3)c3ccc4ccc5c(N(c6ccc([SH2+])cc6)c6cccc7c6oc6c(C)cccc67)ccc6ccc3c4c65)cccc12. The van der Waals surface area contributed by atoms with Crippen LogP contribution in [0.2, 0.25) is 0 Å². The Morgan fingerprint density at radius 1 is 0.443 bits per heavy atom. The third kappa shape index (κ3) is 5.49. The Morgan fingerprint density at radius 2 is 0.902 bits per heavy atom. The first-order chi connectivity index (χ1) is 29.9. The summed E-state index contributed by atoms with van der Waals surface area (Å²) in [5, 5.41) is 11.5. The number of fused-ring (bicyclic) bond motifs is 6. The van der Waals surface area contributed by atoms with E-state index in [-0.39, 0.29) is 0 Å². The van der Waals surface area contributed by atoms with Gasteiger partial charge in [-0.3, -0.25) is 0 Å². The van der Waals surface area contributed by atoms with Crippen LogP contribution in [0.5, 0.6) is 0 Å². The van der Waals surface area contributed by atoms with Crippen LogP contribution in [0.1, 0.15) is 18.1 Å². The summed E-state index contributed by atoms with van der Waals surface area (Å²) in [5.41, 5.74) is 12.1. The van der Waals surface area contributed by atoms with E-state index in [0.717, 1.165) is 111 Å². The molecule has 0 bridgehead atoms. The van der Waals surface area contributed by atoms with Crippen molar-refractivity contribution >= 4 is 136 Å². The van der Waals surface area contributed by atoms with E-state index in [0.29, 0.717) is 0 Å². The van der Waals surface area contributed by atoms with Gasteiger partial charge in [0.15, 0.2) is 11.2 Å². The first kappa shape index (κ1) is 36.0. The van der Waals surface area contributed by atoms with Crippen LogP contribution in [-0.2, 0) is 19.0 Å². The molecule has 0 aliphatic carbocycles. The second-order valence-electron chi connectivity index (χ2n) is 15.9. The van der Waals surface area contributed by atoms with Crippen molar-refractivity contribution in [3.63, 3.8) is 0 Å². The van der Waals surface area contributed by atoms with Gasteiger partial charge in [0, 0.05) is 48.6 Å². The average molecular weight is 824 g/mol. The quantitative estimate of drug-likeness (QED) is 0.0986. The minimum absolute atomic E-state index is 0.857. The molecule has 12 rings (SSSR count). The molecule has 0 aliphatic heterocycles. The lowest BCUT2D eigenvalue weighted by molar-refractivity contribution is 0.663. The van der Waals surface area contributed by atoms with Gasteiger partial charge in [0.05, 0.1) is 22.7 Å². The molecule has 0 radical (unpaired) electrons. The van der Waals surface area contributed by atoms with Crippen LogP contribution in [0.25, 0.3) is 76.2 Å². The Morgan fingerprint density at radius 3 is 1.46 bits per heavy atom. The molecule has 0 saturated heterocycles. The minimum Gasteiger partial charge on any atom is -0.454 e. The van der Waals surface area contributed by atoms with Gasteiger partial charge in [-0.05, 0) is 131 Å². The topological polar surface area (TPSA) is 32.8 Å². The van der Waals surface area contributed by atoms with Crippen LogP contribution in [0.4, 0.5) is 34.1 Å². The van der Waals surface area contributed by atoms with E-state index >= 15 is 0 Å². The first-order valence-electron chi connectivity index (χ1n) is 20.7. The van der Waals surface area contributed by atoms with Crippen molar-refractivity contribution in [2.45, 2.75) is 30.1 Å². The molecule has 12 aromatic rings. The minimum atomic E-state index is 0.857. The monoisotopic (exact) mass is 823 g/mol. The van der Waals surface area contributed by atoms with E-state index in [2.05, 4.69) is 219 Å². The molecule has 0 saturated carbocycles. The Balaban J connectivity index is 1.13. The van der Waals surface area contributed by atoms with Gasteiger partial charge in [-0.1, -0.05) is 104 Å². The summed E-state index contributed by atoms with van der Waals surface area (Å²) in [5.74, 6) is 0. The third-order valence-electron chi connectivity index (χ3n) is 12.5. The molecule has 0 unspecified atom stereocenters. The Hall–Kier alpha value is -6.86. The predicted octanol–water partition coefficient (Wildman–Crippen LogP) is 15.9. The summed E-state index contributed by atoms with van der Waals surface area (Å²) in [6.45, 7) is 4.30. The second kappa shape index (κ2) is 13.8. The smallest absolute Gasteiger partial charge is 0.159 e. The molecule has 2 aromatic heterocycles. The molecule has 0 amide bonds. The van der Waals surface area contributed by atoms with Gasteiger partial charge in [-0.2, -0.15) is 0 Å². The van der Waals surface area contributed by atoms with Gasteiger partial charge in [0.2, 0.25) is 0 Å². The van der Waals surface area contributed by atoms with E-state index in [9.17, 15) is 0 Å². The fraction of sp³-hybridized carbons (Fsp3) is 0.0545. The van der Waals surface area contributed by atoms with Crippen molar-refractivity contribution in [3.8, 4) is 0 Å². The largest absolute Gasteiger partial charge is 0.454 e. The highest BCUT2D eigenvalue weighted by Crippen LogP contribution is 2.50. The van der Waals surface area contributed by atoms with Gasteiger partial charge >= 0.3 is 0 Å². The van der Waals surface area contributed by atoms with Crippen LogP contribution in [0.3, 0.4) is 0 Å². The summed E-state index contributed by atoms with van der Waals surface area (Å²) in [6, 6.07) is 60.9. The lowest BCUT2D eigenvalue weighted by atomic mass is 9.91. The average Bonchev–Trinajstić information content (AvgIpc) is 3.88. The maximum absolute atomic E-state index is 6.90. The van der Waals surface area contributed by atoms with Gasteiger partial charge in [-0.25, -0.2) is 0 Å². The van der Waals surface area contributed by atoms with Crippen molar-refractivity contribution in [2.24, 2.45) is 0 Å². The molecule has 10 aromatic carbocycles. The summed E-state index contributed by atoms with van der Waals surface area (Å²) < 4.78 is 13.7. The number of furan rings is 2. The number of rotatable bonds is 7. The zero-order valence-electron chi connectivity index (χ0n) is 33.5. The summed E-state index contributed by atoms with van der Waals surface area (Å²) >= 11 is 8.44. The number of hydrogen-bond acceptors (Lipinski definition) is 5. The molecule has 6 heteroatoms. The highest BCUT2D eigenvalue weighted by Gasteiger charge is 2.26. The highest BCUT2D eigenvalue weighted by molar-refractivity contribution is 7.80. The number of thiol groups is 1. The maximum Gasteiger partial charge on any atom is 0.159 e. The second-order valence-corrected chi connectivity index (χ2v) is 17.0. The van der Waals surface area contributed by atoms with Crippen molar-refractivity contribution in [2.75, 3.05) is 9.80 Å². The van der Waals surface area contributed by atoms with E-state index in [1.54, 1.807) is 0 Å². The van der Waals surface area contributed by atoms with Crippen molar-refractivity contribution < 1.29 is 8.83 Å². The van der Waals surface area contributed by atoms with Crippen molar-refractivity contribution in [1.29, 1.82) is 0 Å². The molecule has 0 aliphatic rings. The van der Waals surface area contributed by atoms with Gasteiger partial charge in [-0.15, -0.1) is 12.6 Å². The Kier molecular flexibility index (Phi) is 8.18. The zero-order valence-corrected chi connectivity index (χ0v) is 35.4. The van der Waals surface area contributed by atoms with Gasteiger partial charge in [0.25, 0.3) is 0 Å². The molecule has 0 spiro atoms. The highest BCUT2D eigenvalue weighted by atomic mass is 32.1. The number of anilines is 6. The van der Waals surface area contributed by atoms with Gasteiger partial charge < -0.3 is 18.6 Å². The molecule has 4 nitrogen and oxygen atoms in total. The van der Waals surface area contributed by atoms with Crippen LogP contribution in [0, 0.1) is 6.92 Å². The normalized spacial score (nSPS) is 12.0. The van der Waals surface area contributed by atoms with Crippen LogP contribution in [-0.4, -0.2) is 0 Å². The fourth-order valence-electron chi connectivity index (χ4n) is 9.63. The summed E-state index contributed by atoms with van der Waals surface area (Å²) in [4.78, 5) is 6.64. The summed E-state index contributed by atoms with van der Waals surface area (Å²) in [7, 11) is 0. The molecular formula is C55H39N2O2S2+. The molecule has 0 atom stereocenters. The Labute approximate surface area is 363 Å². The van der Waals surface area contributed by atoms with E-state index in [4.69, 9.17) is 8.83 Å². The van der Waals surface area contributed by atoms with Gasteiger partial charge in [0.1, 0.15) is 16.1 Å². The maximum atomic E-state index is 6.90. The molecular weight excluding hydrogens is 785 g/mol. The summed E-state index contributed by atoms with van der Waals surface area (Å²) in [6.07, 6.45) is 0.892. The van der Waals surface area contributed by atoms with E-state index in [1.807, 2.05) is 0 Å². The lowest BCUT2D eigenvalue weighted by Crippen LogP contribution is -2.12. The van der Waals surface area contributed by atoms with E-state index < -0.39 is 0 Å². The first-order valence-corrected chi connectivity index (χ1v) is 21.7. The molecule has 2 heterocycles. The molecule has 0 N–H and O–H groups in total. The van der Waals surface area contributed by atoms with Crippen molar-refractivity contribution in [1.82, 2.24) is 0 Å². The van der Waals surface area contributed by atoms with Crippen LogP contribution < -0.4 is 9.80 Å². The van der Waals surface area contributed by atoms with E-state index in [1.165, 1.54) is 27.1 Å². The number of hydrogen-bond donors (Lipinski definition) is 1. The molecule has 0 fully saturated rings. The lowest BCUT2D eigenvalue weighted by Gasteiger charge is -2.29. The standard InChI is InChI=1S/C55H38N2O2S2/c1-3-33-9-5-11-41-43-13-7-15-49(55(43)59-53(33)41)57(37-22-26-39(61)27-23-37)47-31-19-35-16-28-44-46(30-18-34-17-29-45(47)51(35)50(34)44)56(36-20-24-38(60)25-21-36)48-14-6-12-42-40-10-4-8-32(2)52(40)58-54(42)48/h4-31,60-61H,3H2,1-2H3/p+1.